The number of rotatable bonds is 4. The Kier molecular flexibility index (Phi) is 4.50. The first-order valence-corrected chi connectivity index (χ1v) is 7.40. The van der Waals surface area contributed by atoms with E-state index >= 15 is 0 Å². The molecule has 0 atom stereocenters. The zero-order valence-corrected chi connectivity index (χ0v) is 13.2. The quantitative estimate of drug-likeness (QED) is 0.698. The molecule has 0 aliphatic heterocycles. The van der Waals surface area contributed by atoms with Crippen molar-refractivity contribution in [2.24, 2.45) is 0 Å². The molecule has 2 N–H and O–H groups in total. The molecule has 0 aliphatic carbocycles. The molecule has 0 unspecified atom stereocenters. The lowest BCUT2D eigenvalue weighted by molar-refractivity contribution is 0.0996. The second kappa shape index (κ2) is 6.73. The number of carbonyl (C=O) groups is 1. The summed E-state index contributed by atoms with van der Waals surface area (Å²) in [4.78, 5) is 16.0. The predicted octanol–water partition coefficient (Wildman–Crippen LogP) is 4.98. The fourth-order valence-corrected chi connectivity index (χ4v) is 2.45. The van der Waals surface area contributed by atoms with Crippen LogP contribution in [0.25, 0.3) is 0 Å². The highest BCUT2D eigenvalue weighted by atomic mass is 35.5. The molecule has 23 heavy (non-hydrogen) atoms. The Morgan fingerprint density at radius 3 is 2.43 bits per heavy atom. The summed E-state index contributed by atoms with van der Waals surface area (Å²) < 4.78 is 5.02. The Morgan fingerprint density at radius 2 is 1.83 bits per heavy atom. The number of halogens is 2. The summed E-state index contributed by atoms with van der Waals surface area (Å²) in [6.07, 6.45) is 3.03. The number of amides is 1. The molecule has 1 aromatic carbocycles. The summed E-state index contributed by atoms with van der Waals surface area (Å²) in [6.45, 7) is 0. The van der Waals surface area contributed by atoms with E-state index in [2.05, 4.69) is 15.6 Å². The summed E-state index contributed by atoms with van der Waals surface area (Å²) in [5.74, 6) is 0.286. The zero-order chi connectivity index (χ0) is 16.2. The van der Waals surface area contributed by atoms with Gasteiger partial charge in [-0.05, 0) is 42.5 Å². The Morgan fingerprint density at radius 1 is 1.04 bits per heavy atom. The first-order valence-electron chi connectivity index (χ1n) is 6.64. The van der Waals surface area contributed by atoms with Gasteiger partial charge in [-0.2, -0.15) is 0 Å². The van der Waals surface area contributed by atoms with Gasteiger partial charge in [-0.1, -0.05) is 23.2 Å². The third-order valence-corrected chi connectivity index (χ3v) is 3.34. The first-order chi connectivity index (χ1) is 11.1. The molecule has 116 valence electrons. The normalized spacial score (nSPS) is 10.3. The molecule has 2 aromatic heterocycles. The number of pyridine rings is 1. The number of nitrogens with one attached hydrogen (secondary N) is 2. The highest BCUT2D eigenvalue weighted by Crippen LogP contribution is 2.25. The van der Waals surface area contributed by atoms with Crippen molar-refractivity contribution in [3.63, 3.8) is 0 Å². The van der Waals surface area contributed by atoms with E-state index in [0.29, 0.717) is 15.9 Å². The smallest absolute Gasteiger partial charge is 0.292 e. The van der Waals surface area contributed by atoms with E-state index in [-0.39, 0.29) is 11.7 Å². The van der Waals surface area contributed by atoms with Crippen molar-refractivity contribution in [2.75, 3.05) is 10.6 Å². The molecule has 0 saturated carbocycles. The van der Waals surface area contributed by atoms with E-state index < -0.39 is 0 Å². The lowest BCUT2D eigenvalue weighted by Gasteiger charge is -2.08. The molecule has 3 rings (SSSR count). The maximum atomic E-state index is 11.8. The van der Waals surface area contributed by atoms with E-state index in [1.807, 2.05) is 0 Å². The van der Waals surface area contributed by atoms with Crippen LogP contribution in [0, 0.1) is 0 Å². The summed E-state index contributed by atoms with van der Waals surface area (Å²) in [5, 5.41) is 6.85. The number of anilines is 3. The highest BCUT2D eigenvalue weighted by molar-refractivity contribution is 6.35. The number of hydrogen-bond donors (Lipinski definition) is 2. The Hall–Kier alpha value is -2.50. The maximum absolute atomic E-state index is 11.8. The Balaban J connectivity index is 1.68. The minimum absolute atomic E-state index is 0.225. The molecule has 7 heteroatoms. The highest BCUT2D eigenvalue weighted by Gasteiger charge is 2.09. The molecule has 2 heterocycles. The Labute approximate surface area is 142 Å². The molecule has 0 spiro atoms. The molecular weight excluding hydrogens is 337 g/mol. The fraction of sp³-hybridized carbons (Fsp3) is 0. The van der Waals surface area contributed by atoms with E-state index in [4.69, 9.17) is 27.6 Å². The van der Waals surface area contributed by atoms with Gasteiger partial charge >= 0.3 is 0 Å². The van der Waals surface area contributed by atoms with Crippen LogP contribution >= 0.6 is 23.2 Å². The second-order valence-corrected chi connectivity index (χ2v) is 5.52. The van der Waals surface area contributed by atoms with Crippen molar-refractivity contribution >= 4 is 46.3 Å². The molecular formula is C16H11Cl2N3O2. The van der Waals surface area contributed by atoms with Crippen molar-refractivity contribution in [1.82, 2.24) is 4.98 Å². The standard InChI is InChI=1S/C16H11Cl2N3O2/c17-10-6-11(18)8-13(7-10)20-12-3-4-15(19-9-12)21-16(22)14-2-1-5-23-14/h1-9,20H,(H,19,21,22). The molecule has 3 aromatic rings. The third-order valence-electron chi connectivity index (χ3n) is 2.90. The van der Waals surface area contributed by atoms with Crippen LogP contribution in [0.15, 0.2) is 59.3 Å². The van der Waals surface area contributed by atoms with Crippen molar-refractivity contribution in [3.8, 4) is 0 Å². The lowest BCUT2D eigenvalue weighted by Crippen LogP contribution is -2.11. The number of furan rings is 1. The van der Waals surface area contributed by atoms with Gasteiger partial charge in [0.15, 0.2) is 5.76 Å². The second-order valence-electron chi connectivity index (χ2n) is 4.65. The average molecular weight is 348 g/mol. The van der Waals surface area contributed by atoms with E-state index in [9.17, 15) is 4.79 Å². The van der Waals surface area contributed by atoms with Crippen LogP contribution in [0.5, 0.6) is 0 Å². The molecule has 0 saturated heterocycles. The Bertz CT molecular complexity index is 798. The molecule has 5 nitrogen and oxygen atoms in total. The molecule has 1 amide bonds. The van der Waals surface area contributed by atoms with E-state index in [1.165, 1.54) is 6.26 Å². The van der Waals surface area contributed by atoms with Crippen molar-refractivity contribution in [2.45, 2.75) is 0 Å². The largest absolute Gasteiger partial charge is 0.459 e. The van der Waals surface area contributed by atoms with Crippen LogP contribution in [0.1, 0.15) is 10.6 Å². The minimum Gasteiger partial charge on any atom is -0.459 e. The fourth-order valence-electron chi connectivity index (χ4n) is 1.92. The van der Waals surface area contributed by atoms with Gasteiger partial charge in [-0.25, -0.2) is 4.98 Å². The molecule has 0 bridgehead atoms. The van der Waals surface area contributed by atoms with Crippen molar-refractivity contribution in [3.05, 3.63) is 70.7 Å². The predicted molar refractivity (Wildman–Crippen MR) is 90.6 cm³/mol. The number of benzene rings is 1. The average Bonchev–Trinajstić information content (AvgIpc) is 3.02. The van der Waals surface area contributed by atoms with Gasteiger partial charge in [0.05, 0.1) is 18.1 Å². The minimum atomic E-state index is -0.357. The number of carbonyl (C=O) groups excluding carboxylic acids is 1. The molecule has 0 fully saturated rings. The van der Waals surface area contributed by atoms with Crippen LogP contribution in [-0.4, -0.2) is 10.9 Å². The topological polar surface area (TPSA) is 67.2 Å². The van der Waals surface area contributed by atoms with E-state index in [0.717, 1.165) is 11.4 Å². The van der Waals surface area contributed by atoms with Gasteiger partial charge in [0, 0.05) is 15.7 Å². The summed E-state index contributed by atoms with van der Waals surface area (Å²) in [6, 6.07) is 11.8. The number of aromatic nitrogens is 1. The van der Waals surface area contributed by atoms with Crippen molar-refractivity contribution in [1.29, 1.82) is 0 Å². The third kappa shape index (κ3) is 4.03. The van der Waals surface area contributed by atoms with Gasteiger partial charge in [-0.3, -0.25) is 4.79 Å². The maximum Gasteiger partial charge on any atom is 0.292 e. The van der Waals surface area contributed by atoms with Gasteiger partial charge in [-0.15, -0.1) is 0 Å². The van der Waals surface area contributed by atoms with Crippen LogP contribution in [-0.2, 0) is 0 Å². The van der Waals surface area contributed by atoms with Gasteiger partial charge in [0.1, 0.15) is 5.82 Å². The van der Waals surface area contributed by atoms with E-state index in [1.54, 1.807) is 48.7 Å². The summed E-state index contributed by atoms with van der Waals surface area (Å²) in [5.41, 5.74) is 1.48. The SMILES string of the molecule is O=C(Nc1ccc(Nc2cc(Cl)cc(Cl)c2)cn1)c1ccco1. The monoisotopic (exact) mass is 347 g/mol. The van der Waals surface area contributed by atoms with Crippen LogP contribution in [0.4, 0.5) is 17.2 Å². The van der Waals surface area contributed by atoms with Crippen LogP contribution in [0.3, 0.4) is 0 Å². The first kappa shape index (κ1) is 15.4. The lowest BCUT2D eigenvalue weighted by atomic mass is 10.3. The van der Waals surface area contributed by atoms with Crippen LogP contribution < -0.4 is 10.6 Å². The summed E-state index contributed by atoms with van der Waals surface area (Å²) >= 11 is 11.9. The number of nitrogens with zero attached hydrogens (tertiary/aromatic N) is 1. The van der Waals surface area contributed by atoms with Gasteiger partial charge in [0.25, 0.3) is 5.91 Å². The van der Waals surface area contributed by atoms with Gasteiger partial charge < -0.3 is 15.1 Å². The molecule has 0 aliphatic rings. The van der Waals surface area contributed by atoms with Crippen LogP contribution in [0.2, 0.25) is 10.0 Å². The summed E-state index contributed by atoms with van der Waals surface area (Å²) in [7, 11) is 0. The van der Waals surface area contributed by atoms with Crippen molar-refractivity contribution < 1.29 is 9.21 Å². The van der Waals surface area contributed by atoms with Gasteiger partial charge in [0.2, 0.25) is 0 Å². The number of hydrogen-bond acceptors (Lipinski definition) is 4. The molecule has 0 radical (unpaired) electrons. The zero-order valence-electron chi connectivity index (χ0n) is 11.7.